The molecule has 58 valence electrons. The summed E-state index contributed by atoms with van der Waals surface area (Å²) in [6.07, 6.45) is 1.43. The van der Waals surface area contributed by atoms with Gasteiger partial charge in [-0.2, -0.15) is 0 Å². The molecule has 0 aromatic heterocycles. The topological polar surface area (TPSA) is 6.48 Å². The Morgan fingerprint density at radius 1 is 1.30 bits per heavy atom. The summed E-state index contributed by atoms with van der Waals surface area (Å²) in [5, 5.41) is 0. The van der Waals surface area contributed by atoms with E-state index in [0.717, 1.165) is 12.0 Å². The highest BCUT2D eigenvalue weighted by atomic mass is 15.3. The van der Waals surface area contributed by atoms with Gasteiger partial charge in [-0.3, -0.25) is 0 Å². The van der Waals surface area contributed by atoms with E-state index < -0.39 is 0 Å². The number of fused-ring (bicyclic) bond motifs is 2. The third kappa shape index (κ3) is 0.867. The lowest BCUT2D eigenvalue weighted by molar-refractivity contribution is 0.209. The van der Waals surface area contributed by atoms with Crippen LogP contribution in [0.5, 0.6) is 0 Å². The van der Waals surface area contributed by atoms with Crippen molar-refractivity contribution in [1.29, 1.82) is 0 Å². The van der Waals surface area contributed by atoms with Gasteiger partial charge in [-0.15, -0.1) is 0 Å². The average molecular weight is 140 g/mol. The fourth-order valence-electron chi connectivity index (χ4n) is 2.34. The minimum absolute atomic E-state index is 0.855. The van der Waals surface area contributed by atoms with Crippen LogP contribution in [0.25, 0.3) is 0 Å². The minimum atomic E-state index is 0.855. The lowest BCUT2D eigenvalue weighted by Gasteiger charge is -2.27. The van der Waals surface area contributed by atoms with Gasteiger partial charge in [-0.25, -0.2) is 0 Å². The number of likely N-dealkylation sites (N-methyl/N-ethyl adjacent to an activating group) is 1. The predicted molar refractivity (Wildman–Crippen MR) is 42.0 cm³/mol. The number of piperidine rings is 1. The predicted octanol–water partition coefficient (Wildman–Crippen LogP) is 0.252. The molecule has 2 saturated heterocycles. The highest BCUT2D eigenvalue weighted by Gasteiger charge is 2.38. The number of nitrogens with zero attached hydrogens (tertiary/aromatic N) is 2. The Balaban J connectivity index is 2.02. The molecule has 0 aliphatic carbocycles. The zero-order valence-electron chi connectivity index (χ0n) is 6.88. The van der Waals surface area contributed by atoms with Crippen LogP contribution in [0.1, 0.15) is 6.42 Å². The number of hydrogen-bond acceptors (Lipinski definition) is 2. The van der Waals surface area contributed by atoms with E-state index in [0.29, 0.717) is 0 Å². The Labute approximate surface area is 62.8 Å². The molecule has 2 bridgehead atoms. The highest BCUT2D eigenvalue weighted by Crippen LogP contribution is 2.29. The molecule has 2 rings (SSSR count). The summed E-state index contributed by atoms with van der Waals surface area (Å²) in [4.78, 5) is 4.96. The summed E-state index contributed by atoms with van der Waals surface area (Å²) in [5.41, 5.74) is 0. The fraction of sp³-hybridized carbons (Fsp3) is 1.00. The molecule has 2 aliphatic heterocycles. The quantitative estimate of drug-likeness (QED) is 0.515. The van der Waals surface area contributed by atoms with E-state index >= 15 is 0 Å². The Morgan fingerprint density at radius 2 is 2.10 bits per heavy atom. The van der Waals surface area contributed by atoms with Gasteiger partial charge < -0.3 is 9.80 Å². The van der Waals surface area contributed by atoms with E-state index in [2.05, 4.69) is 23.9 Å². The van der Waals surface area contributed by atoms with Crippen LogP contribution in [0.4, 0.5) is 0 Å². The van der Waals surface area contributed by atoms with Gasteiger partial charge in [0.25, 0.3) is 0 Å². The lowest BCUT2D eigenvalue weighted by Crippen LogP contribution is -2.38. The SMILES string of the molecule is CN(C)C1CN2CCC1C2. The molecule has 2 fully saturated rings. The second-order valence-corrected chi connectivity index (χ2v) is 3.84. The van der Waals surface area contributed by atoms with Gasteiger partial charge >= 0.3 is 0 Å². The molecule has 3 unspecified atom stereocenters. The van der Waals surface area contributed by atoms with Gasteiger partial charge in [-0.1, -0.05) is 0 Å². The fourth-order valence-corrected chi connectivity index (χ4v) is 2.34. The second-order valence-electron chi connectivity index (χ2n) is 3.84. The summed E-state index contributed by atoms with van der Waals surface area (Å²) >= 11 is 0. The van der Waals surface area contributed by atoms with Crippen molar-refractivity contribution in [1.82, 2.24) is 9.80 Å². The highest BCUT2D eigenvalue weighted by molar-refractivity contribution is 4.94. The van der Waals surface area contributed by atoms with Crippen molar-refractivity contribution < 1.29 is 0 Å². The first-order valence-corrected chi connectivity index (χ1v) is 4.16. The van der Waals surface area contributed by atoms with Gasteiger partial charge in [-0.05, 0) is 33.0 Å². The Bertz CT molecular complexity index is 133. The van der Waals surface area contributed by atoms with Crippen LogP contribution in [0, 0.1) is 5.92 Å². The van der Waals surface area contributed by atoms with E-state index in [-0.39, 0.29) is 0 Å². The standard InChI is InChI=1S/C8H16N2/c1-9(2)8-6-10-4-3-7(8)5-10/h7-8H,3-6H2,1-2H3. The van der Waals surface area contributed by atoms with Crippen LogP contribution < -0.4 is 0 Å². The van der Waals surface area contributed by atoms with Crippen molar-refractivity contribution in [2.75, 3.05) is 33.7 Å². The Hall–Kier alpha value is -0.0800. The number of hydrogen-bond donors (Lipinski definition) is 0. The summed E-state index contributed by atoms with van der Waals surface area (Å²) < 4.78 is 0. The van der Waals surface area contributed by atoms with Crippen molar-refractivity contribution in [3.8, 4) is 0 Å². The lowest BCUT2D eigenvalue weighted by atomic mass is 9.99. The Kier molecular flexibility index (Phi) is 1.46. The van der Waals surface area contributed by atoms with E-state index in [4.69, 9.17) is 0 Å². The molecule has 0 radical (unpaired) electrons. The third-order valence-electron chi connectivity index (χ3n) is 2.96. The number of rotatable bonds is 1. The molecule has 3 atom stereocenters. The molecule has 2 heteroatoms. The van der Waals surface area contributed by atoms with E-state index in [1.807, 2.05) is 0 Å². The maximum atomic E-state index is 2.58. The normalized spacial score (nSPS) is 45.3. The van der Waals surface area contributed by atoms with Crippen molar-refractivity contribution >= 4 is 0 Å². The van der Waals surface area contributed by atoms with Crippen molar-refractivity contribution in [2.24, 2.45) is 5.92 Å². The summed E-state index contributed by atoms with van der Waals surface area (Å²) in [6, 6.07) is 0.855. The first-order chi connectivity index (χ1) is 4.77. The molecule has 0 saturated carbocycles. The van der Waals surface area contributed by atoms with Crippen LogP contribution in [0.2, 0.25) is 0 Å². The Morgan fingerprint density at radius 3 is 2.40 bits per heavy atom. The first-order valence-electron chi connectivity index (χ1n) is 4.16. The largest absolute Gasteiger partial charge is 0.305 e. The van der Waals surface area contributed by atoms with Crippen LogP contribution in [-0.2, 0) is 0 Å². The molecular formula is C8H16N2. The van der Waals surface area contributed by atoms with Gasteiger partial charge in [0.2, 0.25) is 0 Å². The van der Waals surface area contributed by atoms with Gasteiger partial charge in [0.1, 0.15) is 0 Å². The smallest absolute Gasteiger partial charge is 0.0257 e. The van der Waals surface area contributed by atoms with Crippen LogP contribution in [0.3, 0.4) is 0 Å². The van der Waals surface area contributed by atoms with Gasteiger partial charge in [0, 0.05) is 19.1 Å². The second kappa shape index (κ2) is 2.21. The molecule has 0 aromatic rings. The summed E-state index contributed by atoms with van der Waals surface area (Å²) in [7, 11) is 4.40. The summed E-state index contributed by atoms with van der Waals surface area (Å²) in [5.74, 6) is 0.981. The van der Waals surface area contributed by atoms with Crippen molar-refractivity contribution in [2.45, 2.75) is 12.5 Å². The van der Waals surface area contributed by atoms with E-state index in [1.54, 1.807) is 0 Å². The zero-order valence-corrected chi connectivity index (χ0v) is 6.88. The molecule has 0 amide bonds. The molecule has 2 nitrogen and oxygen atoms in total. The average Bonchev–Trinajstić information content (AvgIpc) is 2.44. The molecule has 0 spiro atoms. The molecule has 2 aliphatic rings. The first kappa shape index (κ1) is 6.62. The van der Waals surface area contributed by atoms with Crippen molar-refractivity contribution in [3.63, 3.8) is 0 Å². The van der Waals surface area contributed by atoms with E-state index in [9.17, 15) is 0 Å². The van der Waals surface area contributed by atoms with Crippen molar-refractivity contribution in [3.05, 3.63) is 0 Å². The molecule has 2 heterocycles. The van der Waals surface area contributed by atoms with Gasteiger partial charge in [0.05, 0.1) is 0 Å². The van der Waals surface area contributed by atoms with Gasteiger partial charge in [0.15, 0.2) is 0 Å². The van der Waals surface area contributed by atoms with Crippen LogP contribution >= 0.6 is 0 Å². The van der Waals surface area contributed by atoms with Crippen LogP contribution in [-0.4, -0.2) is 49.6 Å². The molecular weight excluding hydrogens is 124 g/mol. The van der Waals surface area contributed by atoms with Crippen LogP contribution in [0.15, 0.2) is 0 Å². The third-order valence-corrected chi connectivity index (χ3v) is 2.96. The summed E-state index contributed by atoms with van der Waals surface area (Å²) in [6.45, 7) is 4.04. The molecule has 0 aromatic carbocycles. The molecule has 10 heavy (non-hydrogen) atoms. The minimum Gasteiger partial charge on any atom is -0.305 e. The maximum Gasteiger partial charge on any atom is 0.0257 e. The van der Waals surface area contributed by atoms with E-state index in [1.165, 1.54) is 26.1 Å². The monoisotopic (exact) mass is 140 g/mol. The maximum absolute atomic E-state index is 2.58. The molecule has 0 N–H and O–H groups in total. The zero-order chi connectivity index (χ0) is 7.14.